The molecule has 0 saturated carbocycles. The zero-order valence-electron chi connectivity index (χ0n) is 10.6. The minimum Gasteiger partial charge on any atom is -0.360 e. The van der Waals surface area contributed by atoms with E-state index < -0.39 is 17.4 Å². The van der Waals surface area contributed by atoms with Gasteiger partial charge in [-0.1, -0.05) is 0 Å². The molecule has 100 valence electrons. The third kappa shape index (κ3) is 1.87. The molecule has 0 aliphatic carbocycles. The molecule has 20 heavy (non-hydrogen) atoms. The molecule has 0 bridgehead atoms. The average Bonchev–Trinajstić information content (AvgIpc) is 2.86. The number of nitrogens with one attached hydrogen (secondary N) is 1. The molecular formula is C15H10F2N2O. The van der Waals surface area contributed by atoms with Gasteiger partial charge in [-0.25, -0.2) is 8.78 Å². The molecule has 0 atom stereocenters. The zero-order chi connectivity index (χ0) is 14.3. The first-order valence-electron chi connectivity index (χ1n) is 5.99. The fraction of sp³-hybridized carbons (Fsp3) is 0.0667. The summed E-state index contributed by atoms with van der Waals surface area (Å²) in [5, 5.41) is 0.610. The Labute approximate surface area is 113 Å². The van der Waals surface area contributed by atoms with Crippen molar-refractivity contribution in [1.82, 2.24) is 9.97 Å². The number of ketones is 1. The van der Waals surface area contributed by atoms with Crippen LogP contribution in [0.15, 0.2) is 36.8 Å². The number of nitrogens with zero attached hydrogens (tertiary/aromatic N) is 1. The summed E-state index contributed by atoms with van der Waals surface area (Å²) in [6, 6.07) is 3.68. The Morgan fingerprint density at radius 3 is 2.80 bits per heavy atom. The van der Waals surface area contributed by atoms with Crippen LogP contribution in [0.4, 0.5) is 8.78 Å². The summed E-state index contributed by atoms with van der Waals surface area (Å²) in [4.78, 5) is 19.3. The predicted molar refractivity (Wildman–Crippen MR) is 70.6 cm³/mol. The van der Waals surface area contributed by atoms with Crippen molar-refractivity contribution < 1.29 is 13.6 Å². The van der Waals surface area contributed by atoms with E-state index in [1.165, 1.54) is 25.4 Å². The number of fused-ring (bicyclic) bond motifs is 1. The Morgan fingerprint density at radius 2 is 2.00 bits per heavy atom. The van der Waals surface area contributed by atoms with E-state index in [2.05, 4.69) is 9.97 Å². The molecule has 1 aromatic carbocycles. The summed E-state index contributed by atoms with van der Waals surface area (Å²) in [5.41, 5.74) is 1.14. The number of aromatic amines is 1. The molecule has 0 spiro atoms. The number of carbonyl (C=O) groups excluding carboxylic acids is 1. The van der Waals surface area contributed by atoms with Gasteiger partial charge in [0.2, 0.25) is 0 Å². The largest absolute Gasteiger partial charge is 0.360 e. The highest BCUT2D eigenvalue weighted by atomic mass is 19.1. The normalized spacial score (nSPS) is 10.9. The van der Waals surface area contributed by atoms with Gasteiger partial charge in [0.15, 0.2) is 5.78 Å². The maximum absolute atomic E-state index is 13.8. The first-order valence-corrected chi connectivity index (χ1v) is 5.99. The van der Waals surface area contributed by atoms with Crippen molar-refractivity contribution in [3.8, 4) is 0 Å². The molecule has 0 unspecified atom stereocenters. The molecule has 1 N–H and O–H groups in total. The van der Waals surface area contributed by atoms with Crippen molar-refractivity contribution in [3.05, 3.63) is 65.1 Å². The molecule has 0 aliphatic heterocycles. The second kappa shape index (κ2) is 4.52. The highest BCUT2D eigenvalue weighted by molar-refractivity contribution is 6.16. The Bertz CT molecular complexity index is 824. The van der Waals surface area contributed by atoms with Crippen LogP contribution in [0.2, 0.25) is 0 Å². The third-order valence-corrected chi connectivity index (χ3v) is 3.22. The number of aromatic nitrogens is 2. The number of halogens is 2. The molecular weight excluding hydrogens is 262 g/mol. The Hall–Kier alpha value is -2.56. The zero-order valence-corrected chi connectivity index (χ0v) is 10.6. The third-order valence-electron chi connectivity index (χ3n) is 3.22. The molecule has 2 heterocycles. The van der Waals surface area contributed by atoms with Gasteiger partial charge in [-0.15, -0.1) is 0 Å². The van der Waals surface area contributed by atoms with Crippen LogP contribution in [0, 0.1) is 18.6 Å². The maximum atomic E-state index is 13.8. The molecule has 3 rings (SSSR count). The van der Waals surface area contributed by atoms with E-state index in [4.69, 9.17) is 0 Å². The van der Waals surface area contributed by atoms with Crippen molar-refractivity contribution in [1.29, 1.82) is 0 Å². The lowest BCUT2D eigenvalue weighted by molar-refractivity contribution is 0.103. The summed E-state index contributed by atoms with van der Waals surface area (Å²) in [6.07, 6.45) is 4.63. The smallest absolute Gasteiger partial charge is 0.198 e. The molecule has 0 amide bonds. The van der Waals surface area contributed by atoms with Crippen molar-refractivity contribution in [2.75, 3.05) is 0 Å². The van der Waals surface area contributed by atoms with Gasteiger partial charge in [0.05, 0.1) is 5.56 Å². The van der Waals surface area contributed by atoms with Crippen molar-refractivity contribution >= 4 is 16.7 Å². The molecule has 3 nitrogen and oxygen atoms in total. The van der Waals surface area contributed by atoms with E-state index in [0.717, 1.165) is 11.6 Å². The lowest BCUT2D eigenvalue weighted by atomic mass is 10.0. The molecule has 0 fully saturated rings. The van der Waals surface area contributed by atoms with Crippen molar-refractivity contribution in [2.45, 2.75) is 6.92 Å². The molecule has 3 aromatic rings. The van der Waals surface area contributed by atoms with Crippen molar-refractivity contribution in [2.24, 2.45) is 0 Å². The van der Waals surface area contributed by atoms with Gasteiger partial charge in [-0.2, -0.15) is 0 Å². The first-order chi connectivity index (χ1) is 9.58. The van der Waals surface area contributed by atoms with Gasteiger partial charge < -0.3 is 4.98 Å². The number of benzene rings is 1. The molecule has 2 aromatic heterocycles. The number of rotatable bonds is 2. The lowest BCUT2D eigenvalue weighted by Crippen LogP contribution is -2.05. The van der Waals surface area contributed by atoms with Gasteiger partial charge in [0, 0.05) is 41.1 Å². The van der Waals surface area contributed by atoms with E-state index in [1.54, 1.807) is 12.3 Å². The lowest BCUT2D eigenvalue weighted by Gasteiger charge is -2.04. The van der Waals surface area contributed by atoms with Crippen LogP contribution in [0.1, 0.15) is 21.5 Å². The van der Waals surface area contributed by atoms with E-state index in [0.29, 0.717) is 10.9 Å². The summed E-state index contributed by atoms with van der Waals surface area (Å²) >= 11 is 0. The quantitative estimate of drug-likeness (QED) is 0.727. The van der Waals surface area contributed by atoms with Gasteiger partial charge in [-0.05, 0) is 24.6 Å². The number of carbonyl (C=O) groups is 1. The number of pyridine rings is 1. The van der Waals surface area contributed by atoms with E-state index in [9.17, 15) is 13.6 Å². The first kappa shape index (κ1) is 12.5. The summed E-state index contributed by atoms with van der Waals surface area (Å²) < 4.78 is 27.0. The van der Waals surface area contributed by atoms with Crippen molar-refractivity contribution in [3.63, 3.8) is 0 Å². The topological polar surface area (TPSA) is 45.8 Å². The van der Waals surface area contributed by atoms with Gasteiger partial charge in [0.25, 0.3) is 0 Å². The standard InChI is InChI=1S/C15H10F2N2O/c1-8-4-9(13(17)5-12(8)16)15(20)11-7-19-14-2-3-18-6-10(11)14/h2-7,19H,1H3. The van der Waals surface area contributed by atoms with Crippen LogP contribution in [0.3, 0.4) is 0 Å². The number of H-pyrrole nitrogens is 1. The second-order valence-electron chi connectivity index (χ2n) is 4.53. The van der Waals surface area contributed by atoms with E-state index in [-0.39, 0.29) is 11.1 Å². The fourth-order valence-electron chi connectivity index (χ4n) is 2.13. The molecule has 5 heteroatoms. The molecule has 0 saturated heterocycles. The Morgan fingerprint density at radius 1 is 1.20 bits per heavy atom. The van der Waals surface area contributed by atoms with Crippen LogP contribution in [0.5, 0.6) is 0 Å². The monoisotopic (exact) mass is 272 g/mol. The predicted octanol–water partition coefficient (Wildman–Crippen LogP) is 3.38. The highest BCUT2D eigenvalue weighted by Crippen LogP contribution is 2.23. The summed E-state index contributed by atoms with van der Waals surface area (Å²) in [7, 11) is 0. The summed E-state index contributed by atoms with van der Waals surface area (Å²) in [5.74, 6) is -2.03. The Kier molecular flexibility index (Phi) is 2.82. The van der Waals surface area contributed by atoms with E-state index in [1.807, 2.05) is 0 Å². The van der Waals surface area contributed by atoms with Gasteiger partial charge in [0.1, 0.15) is 11.6 Å². The number of hydrogen-bond donors (Lipinski definition) is 1. The van der Waals surface area contributed by atoms with Crippen LogP contribution in [-0.2, 0) is 0 Å². The second-order valence-corrected chi connectivity index (χ2v) is 4.53. The minimum atomic E-state index is -0.864. The number of hydrogen-bond acceptors (Lipinski definition) is 2. The SMILES string of the molecule is Cc1cc(C(=O)c2c[nH]c3ccncc23)c(F)cc1F. The Balaban J connectivity index is 2.16. The van der Waals surface area contributed by atoms with Gasteiger partial charge in [-0.3, -0.25) is 9.78 Å². The molecule has 0 radical (unpaired) electrons. The average molecular weight is 272 g/mol. The highest BCUT2D eigenvalue weighted by Gasteiger charge is 2.19. The fourth-order valence-corrected chi connectivity index (χ4v) is 2.13. The van der Waals surface area contributed by atoms with Crippen LogP contribution in [-0.4, -0.2) is 15.8 Å². The van der Waals surface area contributed by atoms with E-state index >= 15 is 0 Å². The maximum Gasteiger partial charge on any atom is 0.198 e. The van der Waals surface area contributed by atoms with Gasteiger partial charge >= 0.3 is 0 Å². The number of aryl methyl sites for hydroxylation is 1. The minimum absolute atomic E-state index is 0.145. The summed E-state index contributed by atoms with van der Waals surface area (Å²) in [6.45, 7) is 1.49. The van der Waals surface area contributed by atoms with Crippen LogP contribution < -0.4 is 0 Å². The molecule has 0 aliphatic rings. The van der Waals surface area contributed by atoms with Crippen LogP contribution in [0.25, 0.3) is 10.9 Å². The van der Waals surface area contributed by atoms with Crippen LogP contribution >= 0.6 is 0 Å².